The van der Waals surface area contributed by atoms with Crippen molar-refractivity contribution in [2.45, 2.75) is 51.7 Å². The van der Waals surface area contributed by atoms with E-state index in [-0.39, 0.29) is 5.60 Å². The van der Waals surface area contributed by atoms with Gasteiger partial charge in [0.15, 0.2) is 0 Å². The first-order valence-electron chi connectivity index (χ1n) is 12.3. The molecule has 1 aromatic carbocycles. The summed E-state index contributed by atoms with van der Waals surface area (Å²) in [6.07, 6.45) is 6.58. The van der Waals surface area contributed by atoms with Crippen molar-refractivity contribution in [2.24, 2.45) is 11.6 Å². The molecule has 1 saturated heterocycles. The Kier molecular flexibility index (Phi) is 9.56. The number of hydrogen-bond acceptors (Lipinski definition) is 7. The number of nitrogens with zero attached hydrogens (tertiary/aromatic N) is 3. The number of halogens is 1. The number of likely N-dealkylation sites (tertiary alicyclic amines) is 1. The lowest BCUT2D eigenvalue weighted by atomic mass is 9.79. The smallest absolute Gasteiger partial charge is 0.328 e. The Hall–Kier alpha value is -2.59. The van der Waals surface area contributed by atoms with Crippen molar-refractivity contribution in [1.82, 2.24) is 19.5 Å². The van der Waals surface area contributed by atoms with Crippen molar-refractivity contribution in [1.29, 1.82) is 0 Å². The number of aromatic amines is 1. The van der Waals surface area contributed by atoms with Gasteiger partial charge in [-0.05, 0) is 48.9 Å². The van der Waals surface area contributed by atoms with E-state index in [0.29, 0.717) is 31.8 Å². The van der Waals surface area contributed by atoms with E-state index in [2.05, 4.69) is 22.0 Å². The van der Waals surface area contributed by atoms with Crippen LogP contribution in [0, 0.1) is 0 Å². The fourth-order valence-corrected chi connectivity index (χ4v) is 4.90. The highest BCUT2D eigenvalue weighted by atomic mass is 35.5. The summed E-state index contributed by atoms with van der Waals surface area (Å²) in [5.74, 6) is 6.07. The molecule has 1 fully saturated rings. The van der Waals surface area contributed by atoms with Crippen molar-refractivity contribution >= 4 is 11.6 Å². The molecule has 0 atom stereocenters. The molecule has 2 aliphatic heterocycles. The first-order valence-corrected chi connectivity index (χ1v) is 12.6. The van der Waals surface area contributed by atoms with Crippen LogP contribution in [-0.4, -0.2) is 52.2 Å². The number of rotatable bonds is 7. The molecule has 0 aliphatic carbocycles. The molecule has 0 saturated carbocycles. The Morgan fingerprint density at radius 1 is 1.26 bits per heavy atom. The third-order valence-corrected chi connectivity index (χ3v) is 6.66. The van der Waals surface area contributed by atoms with Crippen LogP contribution in [0.2, 0.25) is 5.02 Å². The lowest BCUT2D eigenvalue weighted by Crippen LogP contribution is -2.47. The van der Waals surface area contributed by atoms with E-state index in [1.54, 1.807) is 11.2 Å². The van der Waals surface area contributed by atoms with Crippen LogP contribution in [0.3, 0.4) is 0 Å². The van der Waals surface area contributed by atoms with E-state index >= 15 is 0 Å². The minimum Gasteiger partial charge on any atom is -0.400 e. The van der Waals surface area contributed by atoms with Crippen LogP contribution in [0.4, 0.5) is 0 Å². The Balaban J connectivity index is 0.00000167. The number of aryl methyl sites for hydroxylation is 1. The molecule has 0 amide bonds. The normalized spacial score (nSPS) is 17.4. The molecule has 3 heterocycles. The molecule has 2 aromatic rings. The van der Waals surface area contributed by atoms with Gasteiger partial charge in [-0.1, -0.05) is 31.5 Å². The molecular weight excluding hydrogens is 468 g/mol. The summed E-state index contributed by atoms with van der Waals surface area (Å²) in [6.45, 7) is 8.10. The van der Waals surface area contributed by atoms with Gasteiger partial charge in [0.05, 0.1) is 12.2 Å². The predicted octanol–water partition coefficient (Wildman–Crippen LogP) is 2.15. The van der Waals surface area contributed by atoms with Gasteiger partial charge in [0.1, 0.15) is 0 Å². The second-order valence-corrected chi connectivity index (χ2v) is 9.21. The number of nitrogens with two attached hydrogens (primary N) is 2. The van der Waals surface area contributed by atoms with Crippen LogP contribution in [0.1, 0.15) is 44.2 Å². The van der Waals surface area contributed by atoms with E-state index in [1.807, 2.05) is 19.9 Å². The van der Waals surface area contributed by atoms with E-state index in [1.165, 1.54) is 28.0 Å². The SMILES string of the molecule is CC.N/C(=C\N(N)CCCn1ccc(=O)[nH]c1=O)CN1CCC2(CC1)OCCc1ccc(Cl)cc12. The molecular formula is C25H37ClN6O3. The highest BCUT2D eigenvalue weighted by molar-refractivity contribution is 6.30. The van der Waals surface area contributed by atoms with E-state index < -0.39 is 11.2 Å². The lowest BCUT2D eigenvalue weighted by molar-refractivity contribution is -0.0969. The second kappa shape index (κ2) is 12.4. The second-order valence-electron chi connectivity index (χ2n) is 8.77. The molecule has 5 N–H and O–H groups in total. The summed E-state index contributed by atoms with van der Waals surface area (Å²) in [4.78, 5) is 27.4. The average Bonchev–Trinajstić information content (AvgIpc) is 2.84. The number of nitrogens with one attached hydrogen (secondary N) is 1. The monoisotopic (exact) mass is 504 g/mol. The van der Waals surface area contributed by atoms with E-state index in [9.17, 15) is 9.59 Å². The maximum atomic E-state index is 11.7. The zero-order valence-corrected chi connectivity index (χ0v) is 21.4. The number of aromatic nitrogens is 2. The fourth-order valence-electron chi connectivity index (χ4n) is 4.73. The van der Waals surface area contributed by atoms with Crippen molar-refractivity contribution in [3.63, 3.8) is 0 Å². The number of piperidine rings is 1. The van der Waals surface area contributed by atoms with E-state index in [4.69, 9.17) is 27.9 Å². The Morgan fingerprint density at radius 2 is 2.00 bits per heavy atom. The van der Waals surface area contributed by atoms with Crippen molar-refractivity contribution < 1.29 is 4.74 Å². The molecule has 1 aromatic heterocycles. The number of benzene rings is 1. The Morgan fingerprint density at radius 3 is 2.71 bits per heavy atom. The van der Waals surface area contributed by atoms with Gasteiger partial charge in [0.25, 0.3) is 5.56 Å². The minimum atomic E-state index is -0.421. The van der Waals surface area contributed by atoms with Gasteiger partial charge in [0.2, 0.25) is 0 Å². The molecule has 192 valence electrons. The topological polar surface area (TPSA) is 123 Å². The predicted molar refractivity (Wildman–Crippen MR) is 139 cm³/mol. The van der Waals surface area contributed by atoms with Crippen LogP contribution >= 0.6 is 11.6 Å². The first kappa shape index (κ1) is 27.0. The van der Waals surface area contributed by atoms with Gasteiger partial charge in [-0.25, -0.2) is 10.6 Å². The van der Waals surface area contributed by atoms with Crippen LogP contribution in [-0.2, 0) is 23.3 Å². The highest BCUT2D eigenvalue weighted by Gasteiger charge is 2.40. The molecule has 9 nitrogen and oxygen atoms in total. The number of fused-ring (bicyclic) bond motifs is 2. The minimum absolute atomic E-state index is 0.257. The molecule has 0 radical (unpaired) electrons. The van der Waals surface area contributed by atoms with Crippen molar-refractivity contribution in [3.8, 4) is 0 Å². The number of ether oxygens (including phenoxy) is 1. The third-order valence-electron chi connectivity index (χ3n) is 6.43. The molecule has 1 spiro atoms. The van der Waals surface area contributed by atoms with Crippen LogP contribution in [0.5, 0.6) is 0 Å². The number of hydrazine groups is 1. The molecule has 10 heteroatoms. The van der Waals surface area contributed by atoms with Crippen LogP contribution in [0.25, 0.3) is 0 Å². The summed E-state index contributed by atoms with van der Waals surface area (Å²) in [5, 5.41) is 2.29. The molecule has 4 rings (SSSR count). The summed E-state index contributed by atoms with van der Waals surface area (Å²) in [7, 11) is 0. The Bertz CT molecular complexity index is 1120. The number of hydrogen-bond donors (Lipinski definition) is 3. The summed E-state index contributed by atoms with van der Waals surface area (Å²) in [5.41, 5.74) is 8.42. The Labute approximate surface area is 211 Å². The van der Waals surface area contributed by atoms with Crippen LogP contribution in [0.15, 0.2) is 51.9 Å². The van der Waals surface area contributed by atoms with Gasteiger partial charge in [-0.15, -0.1) is 0 Å². The van der Waals surface area contributed by atoms with Gasteiger partial charge in [-0.2, -0.15) is 0 Å². The average molecular weight is 505 g/mol. The summed E-state index contributed by atoms with van der Waals surface area (Å²) >= 11 is 6.27. The lowest BCUT2D eigenvalue weighted by Gasteiger charge is -2.45. The molecule has 0 unspecified atom stereocenters. The first-order chi connectivity index (χ1) is 16.8. The van der Waals surface area contributed by atoms with Gasteiger partial charge < -0.3 is 20.0 Å². The summed E-state index contributed by atoms with van der Waals surface area (Å²) in [6, 6.07) is 7.47. The van der Waals surface area contributed by atoms with Crippen molar-refractivity contribution in [2.75, 3.05) is 32.8 Å². The van der Waals surface area contributed by atoms with Crippen LogP contribution < -0.4 is 22.8 Å². The van der Waals surface area contributed by atoms with Crippen molar-refractivity contribution in [3.05, 3.63) is 79.3 Å². The van der Waals surface area contributed by atoms with E-state index in [0.717, 1.165) is 44.0 Å². The zero-order chi connectivity index (χ0) is 25.4. The van der Waals surface area contributed by atoms with Gasteiger partial charge in [0, 0.05) is 61.9 Å². The molecule has 0 bridgehead atoms. The standard InChI is InChI=1S/C23H31ClN6O3.C2H6/c24-18-3-2-17-5-13-33-23(20(17)14-18)6-11-28(12-7-23)15-19(25)16-30(26)9-1-8-29-10-4-21(31)27-22(29)32;1-2/h2-4,10,14,16H,1,5-9,11-13,15,25-26H2,(H,27,31,32);1-2H3/b19-16-;. The largest absolute Gasteiger partial charge is 0.400 e. The highest BCUT2D eigenvalue weighted by Crippen LogP contribution is 2.42. The number of H-pyrrole nitrogens is 1. The maximum Gasteiger partial charge on any atom is 0.328 e. The van der Waals surface area contributed by atoms with Gasteiger partial charge in [-0.3, -0.25) is 14.7 Å². The fraction of sp³-hybridized carbons (Fsp3) is 0.520. The summed E-state index contributed by atoms with van der Waals surface area (Å²) < 4.78 is 7.75. The zero-order valence-electron chi connectivity index (χ0n) is 20.6. The molecule has 2 aliphatic rings. The maximum absolute atomic E-state index is 11.7. The quantitative estimate of drug-likeness (QED) is 0.390. The third kappa shape index (κ3) is 6.98. The molecule has 35 heavy (non-hydrogen) atoms. The van der Waals surface area contributed by atoms with Gasteiger partial charge >= 0.3 is 5.69 Å².